The van der Waals surface area contributed by atoms with Crippen LogP contribution in [0.5, 0.6) is 0 Å². The summed E-state index contributed by atoms with van der Waals surface area (Å²) in [5.74, 6) is 0. The van der Waals surface area contributed by atoms with Crippen molar-refractivity contribution in [2.75, 3.05) is 6.54 Å². The lowest BCUT2D eigenvalue weighted by molar-refractivity contribution is 0.171. The molecule has 3 atom stereocenters. The molecule has 0 aromatic heterocycles. The summed E-state index contributed by atoms with van der Waals surface area (Å²) in [6, 6.07) is 19.5. The standard InChI is InChI=1S/C19H22ClNO2S/c1-14(20)17(22)18(16-10-6-3-7-11-16)24-19(23)21-13-12-15-8-4-2-5-9-15/h2-11,14,17-18,22H,12-13H2,1H3,(H,21,23). The molecular formula is C19H22ClNO2S. The summed E-state index contributed by atoms with van der Waals surface area (Å²) in [5.41, 5.74) is 2.07. The summed E-state index contributed by atoms with van der Waals surface area (Å²) in [6.45, 7) is 2.29. The third-order valence-electron chi connectivity index (χ3n) is 3.67. The van der Waals surface area contributed by atoms with Crippen LogP contribution in [0.15, 0.2) is 60.7 Å². The number of rotatable bonds is 7. The topological polar surface area (TPSA) is 49.3 Å². The van der Waals surface area contributed by atoms with Crippen LogP contribution in [0.4, 0.5) is 4.79 Å². The van der Waals surface area contributed by atoms with Crippen LogP contribution < -0.4 is 5.32 Å². The number of carbonyl (C=O) groups is 1. The molecule has 24 heavy (non-hydrogen) atoms. The SMILES string of the molecule is CC(Cl)C(O)C(SC(=O)NCCc1ccccc1)c1ccccc1. The summed E-state index contributed by atoms with van der Waals surface area (Å²) in [5, 5.41) is 12.3. The molecule has 0 aliphatic carbocycles. The normalized spacial score (nSPS) is 14.6. The number of halogens is 1. The summed E-state index contributed by atoms with van der Waals surface area (Å²) >= 11 is 7.13. The Morgan fingerprint density at radius 3 is 2.29 bits per heavy atom. The number of carbonyl (C=O) groups excluding carboxylic acids is 1. The Morgan fingerprint density at radius 2 is 1.71 bits per heavy atom. The highest BCUT2D eigenvalue weighted by Crippen LogP contribution is 2.35. The average molecular weight is 364 g/mol. The molecule has 0 saturated carbocycles. The Morgan fingerprint density at radius 1 is 1.12 bits per heavy atom. The van der Waals surface area contributed by atoms with Gasteiger partial charge in [0.1, 0.15) is 0 Å². The van der Waals surface area contributed by atoms with Crippen LogP contribution in [-0.4, -0.2) is 28.4 Å². The average Bonchev–Trinajstić information content (AvgIpc) is 2.60. The third-order valence-corrected chi connectivity index (χ3v) is 5.09. The van der Waals surface area contributed by atoms with Gasteiger partial charge in [0.15, 0.2) is 0 Å². The first-order valence-electron chi connectivity index (χ1n) is 7.93. The molecule has 0 heterocycles. The van der Waals surface area contributed by atoms with Gasteiger partial charge in [0, 0.05) is 6.54 Å². The van der Waals surface area contributed by atoms with Crippen molar-refractivity contribution in [2.24, 2.45) is 0 Å². The third kappa shape index (κ3) is 5.86. The lowest BCUT2D eigenvalue weighted by atomic mass is 10.1. The van der Waals surface area contributed by atoms with E-state index in [9.17, 15) is 9.90 Å². The van der Waals surface area contributed by atoms with Gasteiger partial charge in [-0.1, -0.05) is 72.4 Å². The molecule has 0 bridgehead atoms. The van der Waals surface area contributed by atoms with E-state index in [2.05, 4.69) is 5.32 Å². The molecule has 1 amide bonds. The van der Waals surface area contributed by atoms with E-state index in [1.165, 1.54) is 5.56 Å². The highest BCUT2D eigenvalue weighted by molar-refractivity contribution is 8.13. The largest absolute Gasteiger partial charge is 0.390 e. The van der Waals surface area contributed by atoms with E-state index in [1.807, 2.05) is 60.7 Å². The number of amides is 1. The summed E-state index contributed by atoms with van der Waals surface area (Å²) in [4.78, 5) is 12.2. The van der Waals surface area contributed by atoms with E-state index < -0.39 is 16.7 Å². The number of aliphatic hydroxyl groups excluding tert-OH is 1. The van der Waals surface area contributed by atoms with Crippen LogP contribution in [0, 0.1) is 0 Å². The molecule has 3 nitrogen and oxygen atoms in total. The van der Waals surface area contributed by atoms with E-state index in [0.29, 0.717) is 6.54 Å². The minimum Gasteiger partial charge on any atom is -0.390 e. The molecule has 3 unspecified atom stereocenters. The monoisotopic (exact) mass is 363 g/mol. The maximum atomic E-state index is 12.2. The Balaban J connectivity index is 1.92. The van der Waals surface area contributed by atoms with Gasteiger partial charge in [0.05, 0.1) is 16.7 Å². The van der Waals surface area contributed by atoms with Crippen molar-refractivity contribution < 1.29 is 9.90 Å². The lowest BCUT2D eigenvalue weighted by Crippen LogP contribution is -2.29. The number of hydrogen-bond acceptors (Lipinski definition) is 3. The van der Waals surface area contributed by atoms with Crippen molar-refractivity contribution in [3.63, 3.8) is 0 Å². The summed E-state index contributed by atoms with van der Waals surface area (Å²) in [6.07, 6.45) is -0.0311. The van der Waals surface area contributed by atoms with Gasteiger partial charge in [-0.3, -0.25) is 4.79 Å². The predicted molar refractivity (Wildman–Crippen MR) is 102 cm³/mol. The number of hydrogen-bond donors (Lipinski definition) is 2. The first kappa shape index (κ1) is 18.8. The number of alkyl halides is 1. The molecule has 0 aliphatic heterocycles. The second-order valence-corrected chi connectivity index (χ2v) is 7.37. The Kier molecular flexibility index (Phi) is 7.63. The number of thioether (sulfide) groups is 1. The van der Waals surface area contributed by atoms with Crippen molar-refractivity contribution in [2.45, 2.75) is 30.1 Å². The Bertz CT molecular complexity index is 622. The van der Waals surface area contributed by atoms with Gasteiger partial charge in [0.25, 0.3) is 5.24 Å². The van der Waals surface area contributed by atoms with Crippen LogP contribution in [0.1, 0.15) is 23.3 Å². The summed E-state index contributed by atoms with van der Waals surface area (Å²) < 4.78 is 0. The fraction of sp³-hybridized carbons (Fsp3) is 0.316. The lowest BCUT2D eigenvalue weighted by Gasteiger charge is -2.24. The van der Waals surface area contributed by atoms with Crippen molar-refractivity contribution in [3.8, 4) is 0 Å². The highest BCUT2D eigenvalue weighted by atomic mass is 35.5. The van der Waals surface area contributed by atoms with Crippen molar-refractivity contribution in [3.05, 3.63) is 71.8 Å². The zero-order valence-corrected chi connectivity index (χ0v) is 15.1. The van der Waals surface area contributed by atoms with Gasteiger partial charge in [-0.2, -0.15) is 0 Å². The minimum absolute atomic E-state index is 0.156. The minimum atomic E-state index is -0.807. The van der Waals surface area contributed by atoms with E-state index >= 15 is 0 Å². The van der Waals surface area contributed by atoms with Gasteiger partial charge in [-0.05, 0) is 24.5 Å². The fourth-order valence-electron chi connectivity index (χ4n) is 2.33. The highest BCUT2D eigenvalue weighted by Gasteiger charge is 2.28. The van der Waals surface area contributed by atoms with E-state index in [4.69, 9.17) is 11.6 Å². The molecule has 0 saturated heterocycles. The zero-order valence-electron chi connectivity index (χ0n) is 13.6. The summed E-state index contributed by atoms with van der Waals surface area (Å²) in [7, 11) is 0. The molecule has 0 aliphatic rings. The molecular weight excluding hydrogens is 342 g/mol. The van der Waals surface area contributed by atoms with Crippen molar-refractivity contribution in [1.82, 2.24) is 5.32 Å². The van der Waals surface area contributed by atoms with Gasteiger partial charge >= 0.3 is 0 Å². The predicted octanol–water partition coefficient (Wildman–Crippen LogP) is 4.40. The molecule has 128 valence electrons. The van der Waals surface area contributed by atoms with E-state index in [-0.39, 0.29) is 5.24 Å². The van der Waals surface area contributed by atoms with Crippen LogP contribution in [0.2, 0.25) is 0 Å². The van der Waals surface area contributed by atoms with E-state index in [0.717, 1.165) is 23.7 Å². The first-order chi connectivity index (χ1) is 11.6. The molecule has 0 radical (unpaired) electrons. The number of benzene rings is 2. The van der Waals surface area contributed by atoms with Crippen molar-refractivity contribution in [1.29, 1.82) is 0 Å². The van der Waals surface area contributed by atoms with E-state index in [1.54, 1.807) is 6.92 Å². The Labute approximate surface area is 152 Å². The quantitative estimate of drug-likeness (QED) is 0.717. The smallest absolute Gasteiger partial charge is 0.279 e. The molecule has 2 rings (SSSR count). The zero-order chi connectivity index (χ0) is 17.4. The van der Waals surface area contributed by atoms with Gasteiger partial charge in [0.2, 0.25) is 0 Å². The van der Waals surface area contributed by atoms with Gasteiger partial charge in [-0.15, -0.1) is 11.6 Å². The first-order valence-corrected chi connectivity index (χ1v) is 9.25. The second-order valence-electron chi connectivity index (χ2n) is 5.57. The maximum Gasteiger partial charge on any atom is 0.279 e. The molecule has 0 spiro atoms. The Hall–Kier alpha value is -1.49. The van der Waals surface area contributed by atoms with Crippen molar-refractivity contribution >= 4 is 28.6 Å². The van der Waals surface area contributed by atoms with Gasteiger partial charge in [-0.25, -0.2) is 0 Å². The van der Waals surface area contributed by atoms with Crippen LogP contribution in [-0.2, 0) is 6.42 Å². The van der Waals surface area contributed by atoms with Gasteiger partial charge < -0.3 is 10.4 Å². The molecule has 2 aromatic carbocycles. The van der Waals surface area contributed by atoms with Crippen LogP contribution in [0.25, 0.3) is 0 Å². The van der Waals surface area contributed by atoms with Crippen LogP contribution in [0.3, 0.4) is 0 Å². The number of aliphatic hydroxyl groups is 1. The molecule has 2 N–H and O–H groups in total. The molecule has 0 fully saturated rings. The molecule has 5 heteroatoms. The fourth-order valence-corrected chi connectivity index (χ4v) is 3.65. The molecule has 2 aromatic rings. The second kappa shape index (κ2) is 9.72. The van der Waals surface area contributed by atoms with Crippen LogP contribution >= 0.6 is 23.4 Å². The number of nitrogens with one attached hydrogen (secondary N) is 1. The maximum absolute atomic E-state index is 12.2.